The van der Waals surface area contributed by atoms with Crippen molar-refractivity contribution >= 4 is 11.8 Å². The molecular formula is C11H14N2O2. The number of pyridine rings is 1. The largest absolute Gasteiger partial charge is 0.469 e. The number of esters is 1. The second kappa shape index (κ2) is 3.88. The molecule has 0 saturated carbocycles. The summed E-state index contributed by atoms with van der Waals surface area (Å²) in [6.07, 6.45) is 2.70. The number of rotatable bonds is 1. The van der Waals surface area contributed by atoms with Gasteiger partial charge in [0.25, 0.3) is 0 Å². The maximum Gasteiger partial charge on any atom is 0.313 e. The second-order valence-corrected chi connectivity index (χ2v) is 3.74. The van der Waals surface area contributed by atoms with Crippen LogP contribution in [0.25, 0.3) is 0 Å². The third-order valence-corrected chi connectivity index (χ3v) is 2.80. The summed E-state index contributed by atoms with van der Waals surface area (Å²) < 4.78 is 4.78. The van der Waals surface area contributed by atoms with Crippen LogP contribution in [0.2, 0.25) is 0 Å². The summed E-state index contributed by atoms with van der Waals surface area (Å²) >= 11 is 0. The molecule has 1 aromatic rings. The molecule has 1 atom stereocenters. The molecule has 2 rings (SSSR count). The maximum atomic E-state index is 11.5. The van der Waals surface area contributed by atoms with E-state index >= 15 is 0 Å². The van der Waals surface area contributed by atoms with Crippen molar-refractivity contribution in [2.24, 2.45) is 0 Å². The fraction of sp³-hybridized carbons (Fsp3) is 0.455. The number of methoxy groups -OCH3 is 1. The van der Waals surface area contributed by atoms with Crippen LogP contribution >= 0.6 is 0 Å². The predicted molar refractivity (Wildman–Crippen MR) is 56.3 cm³/mol. The van der Waals surface area contributed by atoms with Gasteiger partial charge in [-0.2, -0.15) is 0 Å². The number of aromatic nitrogens is 1. The van der Waals surface area contributed by atoms with Gasteiger partial charge in [-0.25, -0.2) is 4.98 Å². The summed E-state index contributed by atoms with van der Waals surface area (Å²) in [7, 11) is 1.42. The first-order valence-corrected chi connectivity index (χ1v) is 5.05. The normalized spacial score (nSPS) is 19.4. The highest BCUT2D eigenvalue weighted by Gasteiger charge is 2.27. The summed E-state index contributed by atoms with van der Waals surface area (Å²) in [6, 6.07) is 3.62. The Morgan fingerprint density at radius 2 is 2.40 bits per heavy atom. The van der Waals surface area contributed by atoms with Gasteiger partial charge in [0.15, 0.2) is 0 Å². The average molecular weight is 206 g/mol. The van der Waals surface area contributed by atoms with Gasteiger partial charge in [0, 0.05) is 5.69 Å². The fourth-order valence-corrected chi connectivity index (χ4v) is 2.06. The van der Waals surface area contributed by atoms with Crippen molar-refractivity contribution in [1.29, 1.82) is 0 Å². The molecule has 1 heterocycles. The summed E-state index contributed by atoms with van der Waals surface area (Å²) in [5.74, 6) is 0.175. The molecule has 0 aliphatic heterocycles. The van der Waals surface area contributed by atoms with Crippen LogP contribution in [0.15, 0.2) is 12.1 Å². The topological polar surface area (TPSA) is 65.2 Å². The van der Waals surface area contributed by atoms with E-state index in [9.17, 15) is 4.79 Å². The molecule has 1 aromatic heterocycles. The van der Waals surface area contributed by atoms with Crippen LogP contribution in [0.1, 0.15) is 30.0 Å². The van der Waals surface area contributed by atoms with Crippen molar-refractivity contribution in [2.75, 3.05) is 12.8 Å². The molecular weight excluding hydrogens is 192 g/mol. The number of nitrogens with zero attached hydrogens (tertiary/aromatic N) is 1. The quantitative estimate of drug-likeness (QED) is 0.702. The minimum Gasteiger partial charge on any atom is -0.469 e. The highest BCUT2D eigenvalue weighted by molar-refractivity contribution is 5.78. The van der Waals surface area contributed by atoms with Crippen molar-refractivity contribution in [3.05, 3.63) is 23.4 Å². The summed E-state index contributed by atoms with van der Waals surface area (Å²) in [4.78, 5) is 15.8. The summed E-state index contributed by atoms with van der Waals surface area (Å²) in [5.41, 5.74) is 7.52. The molecule has 4 heteroatoms. The van der Waals surface area contributed by atoms with E-state index in [1.54, 1.807) is 6.07 Å². The molecule has 1 aliphatic rings. The van der Waals surface area contributed by atoms with Gasteiger partial charge < -0.3 is 10.5 Å². The fourth-order valence-electron chi connectivity index (χ4n) is 2.06. The third kappa shape index (κ3) is 1.79. The van der Waals surface area contributed by atoms with E-state index in [4.69, 9.17) is 10.5 Å². The molecule has 0 amide bonds. The molecule has 0 unspecified atom stereocenters. The smallest absolute Gasteiger partial charge is 0.313 e. The van der Waals surface area contributed by atoms with Crippen molar-refractivity contribution in [3.8, 4) is 0 Å². The molecule has 0 spiro atoms. The molecule has 1 aliphatic carbocycles. The molecule has 0 saturated heterocycles. The van der Waals surface area contributed by atoms with Crippen LogP contribution < -0.4 is 5.73 Å². The van der Waals surface area contributed by atoms with Gasteiger partial charge in [-0.1, -0.05) is 6.07 Å². The van der Waals surface area contributed by atoms with E-state index in [-0.39, 0.29) is 11.9 Å². The van der Waals surface area contributed by atoms with Crippen LogP contribution in [0.3, 0.4) is 0 Å². The number of carbonyl (C=O) groups is 1. The molecule has 0 aromatic carbocycles. The lowest BCUT2D eigenvalue weighted by atomic mass is 9.85. The Bertz CT molecular complexity index is 390. The highest BCUT2D eigenvalue weighted by Crippen LogP contribution is 2.31. The molecule has 4 nitrogen and oxygen atoms in total. The van der Waals surface area contributed by atoms with Crippen LogP contribution in [-0.4, -0.2) is 18.1 Å². The number of ether oxygens (including phenoxy) is 1. The van der Waals surface area contributed by atoms with Gasteiger partial charge in [-0.15, -0.1) is 0 Å². The highest BCUT2D eigenvalue weighted by atomic mass is 16.5. The van der Waals surface area contributed by atoms with Crippen molar-refractivity contribution in [2.45, 2.75) is 25.2 Å². The van der Waals surface area contributed by atoms with Gasteiger partial charge in [-0.05, 0) is 30.9 Å². The zero-order chi connectivity index (χ0) is 10.8. The SMILES string of the molecule is COC(=O)[C@@H]1CCCc2nc(N)ccc21. The lowest BCUT2D eigenvalue weighted by molar-refractivity contribution is -0.142. The van der Waals surface area contributed by atoms with Crippen molar-refractivity contribution in [3.63, 3.8) is 0 Å². The molecule has 0 fully saturated rings. The Balaban J connectivity index is 2.38. The third-order valence-electron chi connectivity index (χ3n) is 2.80. The van der Waals surface area contributed by atoms with Crippen molar-refractivity contribution in [1.82, 2.24) is 4.98 Å². The average Bonchev–Trinajstić information content (AvgIpc) is 2.26. The predicted octanol–water partition coefficient (Wildman–Crippen LogP) is 1.26. The molecule has 15 heavy (non-hydrogen) atoms. The number of nitrogens with two attached hydrogens (primary N) is 1. The van der Waals surface area contributed by atoms with Crippen molar-refractivity contribution < 1.29 is 9.53 Å². The minimum atomic E-state index is -0.178. The summed E-state index contributed by atoms with van der Waals surface area (Å²) in [5, 5.41) is 0. The zero-order valence-corrected chi connectivity index (χ0v) is 8.69. The van der Waals surface area contributed by atoms with Gasteiger partial charge in [0.2, 0.25) is 0 Å². The lowest BCUT2D eigenvalue weighted by Gasteiger charge is -2.22. The number of hydrogen-bond acceptors (Lipinski definition) is 4. The Morgan fingerprint density at radius 3 is 3.13 bits per heavy atom. The van der Waals surface area contributed by atoms with E-state index in [2.05, 4.69) is 4.98 Å². The first-order chi connectivity index (χ1) is 7.22. The first kappa shape index (κ1) is 9.96. The van der Waals surface area contributed by atoms with E-state index in [1.165, 1.54) is 7.11 Å². The Kier molecular flexibility index (Phi) is 2.58. The number of carbonyl (C=O) groups excluding carboxylic acids is 1. The van der Waals surface area contributed by atoms with Crippen LogP contribution in [0.4, 0.5) is 5.82 Å². The van der Waals surface area contributed by atoms with Crippen LogP contribution in [0.5, 0.6) is 0 Å². The number of hydrogen-bond donors (Lipinski definition) is 1. The Labute approximate surface area is 88.4 Å². The zero-order valence-electron chi connectivity index (χ0n) is 8.69. The maximum absolute atomic E-state index is 11.5. The van der Waals surface area contributed by atoms with Gasteiger partial charge in [0.1, 0.15) is 5.82 Å². The van der Waals surface area contributed by atoms with E-state index in [0.717, 1.165) is 30.5 Å². The molecule has 0 radical (unpaired) electrons. The number of fused-ring (bicyclic) bond motifs is 1. The number of nitrogen functional groups attached to an aromatic ring is 1. The Morgan fingerprint density at radius 1 is 1.60 bits per heavy atom. The second-order valence-electron chi connectivity index (χ2n) is 3.74. The van der Waals surface area contributed by atoms with Gasteiger partial charge in [0.05, 0.1) is 13.0 Å². The molecule has 2 N–H and O–H groups in total. The number of anilines is 1. The van der Waals surface area contributed by atoms with Gasteiger partial charge in [-0.3, -0.25) is 4.79 Å². The number of aryl methyl sites for hydroxylation is 1. The van der Waals surface area contributed by atoms with E-state index in [0.29, 0.717) is 5.82 Å². The monoisotopic (exact) mass is 206 g/mol. The molecule has 80 valence electrons. The van der Waals surface area contributed by atoms with E-state index in [1.807, 2.05) is 6.07 Å². The van der Waals surface area contributed by atoms with E-state index < -0.39 is 0 Å². The van der Waals surface area contributed by atoms with Crippen LogP contribution in [-0.2, 0) is 16.0 Å². The summed E-state index contributed by atoms with van der Waals surface area (Å²) in [6.45, 7) is 0. The lowest BCUT2D eigenvalue weighted by Crippen LogP contribution is -2.20. The Hall–Kier alpha value is -1.58. The van der Waals surface area contributed by atoms with Gasteiger partial charge >= 0.3 is 5.97 Å². The standard InChI is InChI=1S/C11H14N2O2/c1-15-11(14)8-3-2-4-9-7(8)5-6-10(12)13-9/h5-6,8H,2-4H2,1H3,(H2,12,13)/t8-/m1/s1. The van der Waals surface area contributed by atoms with Crippen LogP contribution in [0, 0.1) is 0 Å². The minimum absolute atomic E-state index is 0.160. The molecule has 0 bridgehead atoms. The first-order valence-electron chi connectivity index (χ1n) is 5.05.